The van der Waals surface area contributed by atoms with Crippen LogP contribution in [0.3, 0.4) is 0 Å². The molecule has 4 heteroatoms. The van der Waals surface area contributed by atoms with Crippen LogP contribution in [0.4, 0.5) is 0 Å². The number of carboxylic acid groups (broad SMARTS) is 1. The molecule has 0 amide bonds. The smallest absolute Gasteiger partial charge is 0.309 e. The Labute approximate surface area is 129 Å². The second-order valence-electron chi connectivity index (χ2n) is 7.32. The summed E-state index contributed by atoms with van der Waals surface area (Å²) in [6, 6.07) is 0. The van der Waals surface area contributed by atoms with Crippen LogP contribution in [-0.4, -0.2) is 23.7 Å². The molecule has 0 aromatic carbocycles. The van der Waals surface area contributed by atoms with Crippen molar-refractivity contribution in [2.75, 3.05) is 6.61 Å². The molecule has 124 valence electrons. The van der Waals surface area contributed by atoms with Gasteiger partial charge in [-0.25, -0.2) is 0 Å². The molecule has 0 fully saturated rings. The Morgan fingerprint density at radius 3 is 2.14 bits per heavy atom. The van der Waals surface area contributed by atoms with Gasteiger partial charge in [-0.15, -0.1) is 0 Å². The standard InChI is InChI=1S/C17H32O4/c1-7-10-16(3,4)12-13(17(5,6)8-2)15(20)21-11-9-14(18)19/h13H,7-12H2,1-6H3,(H,18,19). The molecule has 0 aliphatic carbocycles. The zero-order valence-electron chi connectivity index (χ0n) is 14.5. The molecule has 0 rings (SSSR count). The van der Waals surface area contributed by atoms with Crippen LogP contribution in [0.2, 0.25) is 0 Å². The second kappa shape index (κ2) is 8.40. The van der Waals surface area contributed by atoms with E-state index in [1.54, 1.807) is 0 Å². The molecule has 1 N–H and O–H groups in total. The summed E-state index contributed by atoms with van der Waals surface area (Å²) in [7, 11) is 0. The van der Waals surface area contributed by atoms with Gasteiger partial charge in [-0.05, 0) is 23.7 Å². The van der Waals surface area contributed by atoms with E-state index in [1.165, 1.54) is 0 Å². The van der Waals surface area contributed by atoms with Crippen molar-refractivity contribution in [3.8, 4) is 0 Å². The van der Waals surface area contributed by atoms with Crippen molar-refractivity contribution in [1.29, 1.82) is 0 Å². The summed E-state index contributed by atoms with van der Waals surface area (Å²) in [5.41, 5.74) is -0.0665. The Morgan fingerprint density at radius 2 is 1.71 bits per heavy atom. The number of carbonyl (C=O) groups is 2. The molecule has 0 aliphatic rings. The second-order valence-corrected chi connectivity index (χ2v) is 7.32. The van der Waals surface area contributed by atoms with E-state index in [0.29, 0.717) is 0 Å². The normalized spacial score (nSPS) is 13.8. The zero-order chi connectivity index (χ0) is 16.7. The molecule has 21 heavy (non-hydrogen) atoms. The summed E-state index contributed by atoms with van der Waals surface area (Å²) in [5.74, 6) is -1.40. The summed E-state index contributed by atoms with van der Waals surface area (Å²) in [4.78, 5) is 22.9. The molecule has 0 spiro atoms. The number of hydrogen-bond acceptors (Lipinski definition) is 3. The van der Waals surface area contributed by atoms with E-state index >= 15 is 0 Å². The minimum atomic E-state index is -0.944. The monoisotopic (exact) mass is 300 g/mol. The van der Waals surface area contributed by atoms with Gasteiger partial charge in [0.2, 0.25) is 0 Å². The highest BCUT2D eigenvalue weighted by molar-refractivity contribution is 5.74. The van der Waals surface area contributed by atoms with E-state index < -0.39 is 5.97 Å². The predicted molar refractivity (Wildman–Crippen MR) is 84.1 cm³/mol. The van der Waals surface area contributed by atoms with E-state index in [4.69, 9.17) is 9.84 Å². The fraction of sp³-hybridized carbons (Fsp3) is 0.882. The Kier molecular flexibility index (Phi) is 7.98. The number of ether oxygens (including phenoxy) is 1. The summed E-state index contributed by atoms with van der Waals surface area (Å²) in [5, 5.41) is 8.64. The van der Waals surface area contributed by atoms with Gasteiger partial charge in [0.1, 0.15) is 6.61 Å². The number of carbonyl (C=O) groups excluding carboxylic acids is 1. The topological polar surface area (TPSA) is 63.6 Å². The maximum atomic E-state index is 12.4. The summed E-state index contributed by atoms with van der Waals surface area (Å²) in [6.45, 7) is 12.7. The first-order chi connectivity index (χ1) is 9.55. The first-order valence-corrected chi connectivity index (χ1v) is 7.94. The largest absolute Gasteiger partial charge is 0.481 e. The molecule has 0 saturated carbocycles. The molecule has 0 radical (unpaired) electrons. The van der Waals surface area contributed by atoms with Crippen molar-refractivity contribution >= 4 is 11.9 Å². The van der Waals surface area contributed by atoms with E-state index in [9.17, 15) is 9.59 Å². The fourth-order valence-electron chi connectivity index (χ4n) is 2.60. The third-order valence-corrected chi connectivity index (χ3v) is 4.38. The number of esters is 1. The lowest BCUT2D eigenvalue weighted by Crippen LogP contribution is -2.36. The van der Waals surface area contributed by atoms with Crippen molar-refractivity contribution in [2.45, 2.75) is 73.6 Å². The number of rotatable bonds is 10. The Balaban J connectivity index is 4.90. The van der Waals surface area contributed by atoms with Gasteiger partial charge in [-0.2, -0.15) is 0 Å². The minimum absolute atomic E-state index is 0.0430. The van der Waals surface area contributed by atoms with Crippen LogP contribution < -0.4 is 0 Å². The lowest BCUT2D eigenvalue weighted by Gasteiger charge is -2.37. The van der Waals surface area contributed by atoms with Gasteiger partial charge in [0, 0.05) is 0 Å². The van der Waals surface area contributed by atoms with Crippen LogP contribution >= 0.6 is 0 Å². The molecular formula is C17H32O4. The lowest BCUT2D eigenvalue weighted by molar-refractivity contribution is -0.156. The SMILES string of the molecule is CCCC(C)(C)CC(C(=O)OCCC(=O)O)C(C)(C)CC. The Bertz CT molecular complexity index is 345. The van der Waals surface area contributed by atoms with Crippen LogP contribution in [0.25, 0.3) is 0 Å². The van der Waals surface area contributed by atoms with Crippen molar-refractivity contribution < 1.29 is 19.4 Å². The molecular weight excluding hydrogens is 268 g/mol. The predicted octanol–water partition coefficient (Wildman–Crippen LogP) is 4.27. The van der Waals surface area contributed by atoms with Gasteiger partial charge < -0.3 is 9.84 Å². The molecule has 1 atom stereocenters. The van der Waals surface area contributed by atoms with Gasteiger partial charge in [0.15, 0.2) is 0 Å². The summed E-state index contributed by atoms with van der Waals surface area (Å²) >= 11 is 0. The first kappa shape index (κ1) is 19.9. The third kappa shape index (κ3) is 7.49. The first-order valence-electron chi connectivity index (χ1n) is 7.94. The van der Waals surface area contributed by atoms with Crippen molar-refractivity contribution in [3.63, 3.8) is 0 Å². The molecule has 0 aromatic heterocycles. The highest BCUT2D eigenvalue weighted by atomic mass is 16.5. The van der Waals surface area contributed by atoms with Gasteiger partial charge >= 0.3 is 11.9 Å². The van der Waals surface area contributed by atoms with Crippen LogP contribution in [0.1, 0.15) is 73.6 Å². The van der Waals surface area contributed by atoms with Gasteiger partial charge in [0.05, 0.1) is 12.3 Å². The third-order valence-electron chi connectivity index (χ3n) is 4.38. The molecule has 0 aromatic rings. The summed E-state index contributed by atoms with van der Waals surface area (Å²) in [6.07, 6.45) is 3.66. The van der Waals surface area contributed by atoms with Gasteiger partial charge in [-0.1, -0.05) is 54.4 Å². The van der Waals surface area contributed by atoms with Crippen molar-refractivity contribution in [3.05, 3.63) is 0 Å². The number of aliphatic carboxylic acids is 1. The van der Waals surface area contributed by atoms with E-state index in [1.807, 2.05) is 0 Å². The number of hydrogen-bond donors (Lipinski definition) is 1. The van der Waals surface area contributed by atoms with Crippen LogP contribution in [-0.2, 0) is 14.3 Å². The van der Waals surface area contributed by atoms with E-state index in [-0.39, 0.29) is 35.7 Å². The van der Waals surface area contributed by atoms with Crippen LogP contribution in [0.15, 0.2) is 0 Å². The maximum Gasteiger partial charge on any atom is 0.309 e. The zero-order valence-corrected chi connectivity index (χ0v) is 14.5. The Morgan fingerprint density at radius 1 is 1.14 bits per heavy atom. The van der Waals surface area contributed by atoms with Gasteiger partial charge in [-0.3, -0.25) is 9.59 Å². The van der Waals surface area contributed by atoms with E-state index in [2.05, 4.69) is 41.5 Å². The molecule has 0 saturated heterocycles. The van der Waals surface area contributed by atoms with Crippen molar-refractivity contribution in [2.24, 2.45) is 16.7 Å². The Hall–Kier alpha value is -1.06. The molecule has 4 nitrogen and oxygen atoms in total. The molecule has 1 unspecified atom stereocenters. The minimum Gasteiger partial charge on any atom is -0.481 e. The lowest BCUT2D eigenvalue weighted by atomic mass is 9.68. The highest BCUT2D eigenvalue weighted by Gasteiger charge is 2.38. The average molecular weight is 300 g/mol. The highest BCUT2D eigenvalue weighted by Crippen LogP contribution is 2.41. The molecule has 0 aliphatic heterocycles. The molecule has 0 heterocycles. The van der Waals surface area contributed by atoms with Crippen molar-refractivity contribution in [1.82, 2.24) is 0 Å². The summed E-state index contributed by atoms with van der Waals surface area (Å²) < 4.78 is 5.21. The average Bonchev–Trinajstić information content (AvgIpc) is 2.35. The fourth-order valence-corrected chi connectivity index (χ4v) is 2.60. The van der Waals surface area contributed by atoms with Gasteiger partial charge in [0.25, 0.3) is 0 Å². The maximum absolute atomic E-state index is 12.4. The van der Waals surface area contributed by atoms with Crippen LogP contribution in [0.5, 0.6) is 0 Å². The number of carboxylic acids is 1. The van der Waals surface area contributed by atoms with Crippen LogP contribution in [0, 0.1) is 16.7 Å². The quantitative estimate of drug-likeness (QED) is 0.612. The van der Waals surface area contributed by atoms with E-state index in [0.717, 1.165) is 25.7 Å². The molecule has 0 bridgehead atoms.